The highest BCUT2D eigenvalue weighted by molar-refractivity contribution is 6.26. The molecule has 1 aromatic carbocycles. The largest absolute Gasteiger partial charge is 0.539 e. The van der Waals surface area contributed by atoms with Crippen molar-refractivity contribution in [2.75, 3.05) is 6.54 Å². The van der Waals surface area contributed by atoms with Gasteiger partial charge in [0.05, 0.1) is 12.1 Å². The molecule has 6 N–H and O–H groups in total. The summed E-state index contributed by atoms with van der Waals surface area (Å²) >= 11 is 0. The lowest BCUT2D eigenvalue weighted by Gasteiger charge is -2.19. The molecule has 0 saturated carbocycles. The predicted octanol–water partition coefficient (Wildman–Crippen LogP) is -2.71. The lowest BCUT2D eigenvalue weighted by molar-refractivity contribution is -0.355. The van der Waals surface area contributed by atoms with E-state index in [1.165, 1.54) is 0 Å². The number of benzene rings is 1. The Hall–Kier alpha value is -2.45. The van der Waals surface area contributed by atoms with Crippen LogP contribution in [0.1, 0.15) is 18.6 Å². The van der Waals surface area contributed by atoms with E-state index in [1.807, 2.05) is 30.3 Å². The van der Waals surface area contributed by atoms with Gasteiger partial charge in [-0.3, -0.25) is 4.79 Å². The van der Waals surface area contributed by atoms with Gasteiger partial charge in [0, 0.05) is 0 Å². The summed E-state index contributed by atoms with van der Waals surface area (Å²) in [5.41, 5.74) is 4.28. The van der Waals surface area contributed by atoms with Gasteiger partial charge in [-0.05, 0) is 12.5 Å². The molecule has 1 amide bonds. The third-order valence-electron chi connectivity index (χ3n) is 2.41. The van der Waals surface area contributed by atoms with Crippen LogP contribution in [0.15, 0.2) is 30.3 Å². The van der Waals surface area contributed by atoms with Crippen molar-refractivity contribution in [2.24, 2.45) is 0 Å². The molecule has 0 aliphatic heterocycles. The highest BCUT2D eigenvalue weighted by atomic mass is 16.4. The van der Waals surface area contributed by atoms with Crippen LogP contribution >= 0.6 is 0 Å². The third-order valence-corrected chi connectivity index (χ3v) is 2.41. The van der Waals surface area contributed by atoms with Gasteiger partial charge in [0.15, 0.2) is 12.5 Å². The molecule has 21 heavy (non-hydrogen) atoms. The summed E-state index contributed by atoms with van der Waals surface area (Å²) in [4.78, 5) is 29.1. The van der Waals surface area contributed by atoms with Crippen LogP contribution in [0.5, 0.6) is 0 Å². The number of aliphatic hydroxyl groups is 1. The van der Waals surface area contributed by atoms with Crippen LogP contribution < -0.4 is 16.2 Å². The van der Waals surface area contributed by atoms with E-state index in [0.717, 1.165) is 5.56 Å². The molecule has 0 aliphatic carbocycles. The smallest absolute Gasteiger partial charge is 0.351 e. The minimum absolute atomic E-state index is 0.155. The molecule has 0 fully saturated rings. The van der Waals surface area contributed by atoms with Crippen molar-refractivity contribution in [2.45, 2.75) is 19.1 Å². The van der Waals surface area contributed by atoms with Gasteiger partial charge in [0.1, 0.15) is 0 Å². The second kappa shape index (κ2) is 9.45. The second-order valence-electron chi connectivity index (χ2n) is 4.05. The zero-order valence-corrected chi connectivity index (χ0v) is 11.5. The van der Waals surface area contributed by atoms with Crippen molar-refractivity contribution in [1.82, 2.24) is 5.32 Å². The van der Waals surface area contributed by atoms with Gasteiger partial charge in [-0.15, -0.1) is 0 Å². The van der Waals surface area contributed by atoms with Gasteiger partial charge in [-0.2, -0.15) is 0 Å². The zero-order valence-electron chi connectivity index (χ0n) is 11.5. The number of aliphatic hydroxyl groups excluding tert-OH is 1. The molecule has 0 saturated heterocycles. The first-order valence-corrected chi connectivity index (χ1v) is 6.05. The minimum Gasteiger partial charge on any atom is -0.539 e. The molecule has 0 radical (unpaired) electrons. The number of carbonyl (C=O) groups excluding carboxylic acids is 2. The Morgan fingerprint density at radius 1 is 1.29 bits per heavy atom. The minimum atomic E-state index is -2.07. The van der Waals surface area contributed by atoms with Gasteiger partial charge < -0.3 is 31.2 Å². The van der Waals surface area contributed by atoms with Gasteiger partial charge in [-0.25, -0.2) is 4.79 Å². The summed E-state index contributed by atoms with van der Waals surface area (Å²) in [6.45, 7) is 1.96. The number of hydrogen-bond acceptors (Lipinski definition) is 5. The van der Waals surface area contributed by atoms with Crippen molar-refractivity contribution in [3.05, 3.63) is 35.9 Å². The van der Waals surface area contributed by atoms with Crippen LogP contribution in [0.2, 0.25) is 0 Å². The SMILES string of the molecule is CC(NC(=O)C[NH3+])C(O)c1ccccc1.O=C([O-])C(=O)O. The molecule has 0 heterocycles. The Kier molecular flexibility index (Phi) is 8.35. The van der Waals surface area contributed by atoms with E-state index in [1.54, 1.807) is 6.92 Å². The maximum atomic E-state index is 11.1. The van der Waals surface area contributed by atoms with Crippen LogP contribution in [-0.2, 0) is 14.4 Å². The van der Waals surface area contributed by atoms with Crippen LogP contribution in [0, 0.1) is 0 Å². The van der Waals surface area contributed by atoms with Crippen LogP contribution in [0.3, 0.4) is 0 Å². The molecule has 0 bridgehead atoms. The Labute approximate surface area is 121 Å². The lowest BCUT2D eigenvalue weighted by Crippen LogP contribution is -2.58. The van der Waals surface area contributed by atoms with Crippen molar-refractivity contribution in [1.29, 1.82) is 0 Å². The molecule has 8 nitrogen and oxygen atoms in total. The molecular weight excluding hydrogens is 280 g/mol. The highest BCUT2D eigenvalue weighted by Crippen LogP contribution is 2.15. The number of rotatable bonds is 4. The first-order chi connectivity index (χ1) is 9.79. The summed E-state index contributed by atoms with van der Waals surface area (Å²) < 4.78 is 0. The Morgan fingerprint density at radius 2 is 1.76 bits per heavy atom. The molecule has 0 spiro atoms. The molecule has 1 rings (SSSR count). The summed E-state index contributed by atoms with van der Waals surface area (Å²) in [6, 6.07) is 8.95. The molecule has 1 aromatic rings. The normalized spacial score (nSPS) is 12.3. The van der Waals surface area contributed by atoms with Gasteiger partial charge in [-0.1, -0.05) is 30.3 Å². The van der Waals surface area contributed by atoms with E-state index < -0.39 is 18.0 Å². The molecule has 8 heteroatoms. The predicted molar refractivity (Wildman–Crippen MR) is 69.4 cm³/mol. The fourth-order valence-electron chi connectivity index (χ4n) is 1.34. The van der Waals surface area contributed by atoms with Gasteiger partial charge in [0.25, 0.3) is 5.91 Å². The average molecular weight is 298 g/mol. The number of carboxylic acid groups (broad SMARTS) is 2. The fourth-order valence-corrected chi connectivity index (χ4v) is 1.34. The monoisotopic (exact) mass is 298 g/mol. The number of carbonyl (C=O) groups is 3. The molecule has 116 valence electrons. The van der Waals surface area contributed by atoms with Crippen LogP contribution in [0.25, 0.3) is 0 Å². The molecule has 2 atom stereocenters. The molecule has 0 aromatic heterocycles. The lowest BCUT2D eigenvalue weighted by atomic mass is 10.0. The quantitative estimate of drug-likeness (QED) is 0.443. The Morgan fingerprint density at radius 3 is 2.14 bits per heavy atom. The standard InChI is InChI=1S/C11H16N2O2.C2H2O4/c1-8(13-10(14)7-12)11(15)9-5-3-2-4-6-9;3-1(4)2(5)6/h2-6,8,11,15H,7,12H2,1H3,(H,13,14);(H,3,4)(H,5,6). The topological polar surface area (TPSA) is 154 Å². The maximum absolute atomic E-state index is 11.1. The van der Waals surface area contributed by atoms with E-state index in [2.05, 4.69) is 11.1 Å². The number of quaternary nitrogens is 1. The van der Waals surface area contributed by atoms with Crippen molar-refractivity contribution in [3.8, 4) is 0 Å². The number of amides is 1. The first-order valence-electron chi connectivity index (χ1n) is 6.05. The summed E-state index contributed by atoms with van der Waals surface area (Å²) in [5, 5.41) is 28.9. The summed E-state index contributed by atoms with van der Waals surface area (Å²) in [5.74, 6) is -4.16. The van der Waals surface area contributed by atoms with E-state index >= 15 is 0 Å². The van der Waals surface area contributed by atoms with Crippen LogP contribution in [0.4, 0.5) is 0 Å². The van der Waals surface area contributed by atoms with E-state index in [-0.39, 0.29) is 18.5 Å². The number of carboxylic acids is 2. The van der Waals surface area contributed by atoms with Crippen molar-refractivity contribution >= 4 is 17.8 Å². The highest BCUT2D eigenvalue weighted by Gasteiger charge is 2.17. The summed E-state index contributed by atoms with van der Waals surface area (Å²) in [6.07, 6.45) is -0.679. The van der Waals surface area contributed by atoms with Crippen molar-refractivity contribution in [3.63, 3.8) is 0 Å². The van der Waals surface area contributed by atoms with E-state index in [4.69, 9.17) is 19.8 Å². The second-order valence-corrected chi connectivity index (χ2v) is 4.05. The zero-order chi connectivity index (χ0) is 16.4. The van der Waals surface area contributed by atoms with Gasteiger partial charge >= 0.3 is 5.97 Å². The molecule has 2 unspecified atom stereocenters. The maximum Gasteiger partial charge on any atom is 0.351 e. The Bertz CT molecular complexity index is 465. The van der Waals surface area contributed by atoms with Crippen molar-refractivity contribution < 1.29 is 35.4 Å². The number of aliphatic carboxylic acids is 2. The molecule has 0 aliphatic rings. The number of nitrogens with one attached hydrogen (secondary N) is 1. The third kappa shape index (κ3) is 7.65. The average Bonchev–Trinajstić information content (AvgIpc) is 2.47. The molecular formula is C13H18N2O6. The van der Waals surface area contributed by atoms with Crippen LogP contribution in [-0.4, -0.2) is 40.6 Å². The van der Waals surface area contributed by atoms with E-state index in [9.17, 15) is 9.90 Å². The van der Waals surface area contributed by atoms with Gasteiger partial charge in [0.2, 0.25) is 0 Å². The number of hydrogen-bond donors (Lipinski definition) is 4. The van der Waals surface area contributed by atoms with E-state index in [0.29, 0.717) is 0 Å². The Balaban J connectivity index is 0.000000567. The summed E-state index contributed by atoms with van der Waals surface area (Å²) in [7, 11) is 0. The first kappa shape index (κ1) is 18.6. The fraction of sp³-hybridized carbons (Fsp3) is 0.308.